The Morgan fingerprint density at radius 1 is 1.30 bits per heavy atom. The zero-order chi connectivity index (χ0) is 19.4. The first-order valence-electron chi connectivity index (χ1n) is 9.46. The number of rotatable bonds is 6. The van der Waals surface area contributed by atoms with Crippen molar-refractivity contribution < 1.29 is 19.1 Å². The van der Waals surface area contributed by atoms with Crippen LogP contribution in [0.1, 0.15) is 32.1 Å². The van der Waals surface area contributed by atoms with E-state index in [2.05, 4.69) is 5.32 Å². The normalized spacial score (nSPS) is 20.0. The van der Waals surface area contributed by atoms with Gasteiger partial charge in [0.1, 0.15) is 5.75 Å². The zero-order valence-corrected chi connectivity index (χ0v) is 15.9. The van der Waals surface area contributed by atoms with Crippen molar-refractivity contribution in [3.63, 3.8) is 0 Å². The Labute approximate surface area is 159 Å². The molecule has 27 heavy (non-hydrogen) atoms. The van der Waals surface area contributed by atoms with Crippen molar-refractivity contribution in [1.29, 1.82) is 0 Å². The van der Waals surface area contributed by atoms with E-state index in [-0.39, 0.29) is 42.6 Å². The van der Waals surface area contributed by atoms with Gasteiger partial charge < -0.3 is 19.9 Å². The summed E-state index contributed by atoms with van der Waals surface area (Å²) in [7, 11) is 3.17. The third-order valence-corrected chi connectivity index (χ3v) is 5.38. The van der Waals surface area contributed by atoms with E-state index in [1.807, 2.05) is 4.90 Å². The fourth-order valence-corrected chi connectivity index (χ4v) is 3.97. The van der Waals surface area contributed by atoms with E-state index < -0.39 is 0 Å². The molecule has 1 aliphatic carbocycles. The summed E-state index contributed by atoms with van der Waals surface area (Å²) in [6, 6.07) is 7.34. The summed E-state index contributed by atoms with van der Waals surface area (Å²) >= 11 is 0. The first-order valence-corrected chi connectivity index (χ1v) is 9.46. The molecule has 1 atom stereocenters. The number of nitrogens with one attached hydrogen (secondary N) is 1. The van der Waals surface area contributed by atoms with Crippen molar-refractivity contribution in [3.8, 4) is 5.75 Å². The topological polar surface area (TPSA) is 79.0 Å². The highest BCUT2D eigenvalue weighted by atomic mass is 16.5. The molecule has 146 valence electrons. The van der Waals surface area contributed by atoms with Gasteiger partial charge in [0.2, 0.25) is 17.7 Å². The van der Waals surface area contributed by atoms with Crippen LogP contribution in [0.3, 0.4) is 0 Å². The average Bonchev–Trinajstić information content (AvgIpc) is 3.30. The van der Waals surface area contributed by atoms with Crippen molar-refractivity contribution >= 4 is 23.4 Å². The number of methoxy groups -OCH3 is 1. The summed E-state index contributed by atoms with van der Waals surface area (Å²) in [6.45, 7) is 0.425. The number of carbonyl (C=O) groups is 3. The Balaban J connectivity index is 1.52. The van der Waals surface area contributed by atoms with Crippen LogP contribution < -0.4 is 10.1 Å². The van der Waals surface area contributed by atoms with E-state index in [0.29, 0.717) is 18.0 Å². The molecule has 0 bridgehead atoms. The quantitative estimate of drug-likeness (QED) is 0.826. The molecule has 7 heteroatoms. The van der Waals surface area contributed by atoms with Gasteiger partial charge in [-0.05, 0) is 25.0 Å². The second-order valence-electron chi connectivity index (χ2n) is 7.36. The van der Waals surface area contributed by atoms with Gasteiger partial charge in [0.05, 0.1) is 19.6 Å². The van der Waals surface area contributed by atoms with Gasteiger partial charge in [-0.15, -0.1) is 0 Å². The van der Waals surface area contributed by atoms with Crippen LogP contribution in [-0.4, -0.2) is 60.8 Å². The van der Waals surface area contributed by atoms with Crippen molar-refractivity contribution in [2.75, 3.05) is 32.6 Å². The first kappa shape index (κ1) is 19.2. The smallest absolute Gasteiger partial charge is 0.243 e. The molecule has 1 aromatic rings. The number of amides is 3. The molecule has 1 saturated heterocycles. The predicted molar refractivity (Wildman–Crippen MR) is 101 cm³/mol. The first-order chi connectivity index (χ1) is 13.0. The summed E-state index contributed by atoms with van der Waals surface area (Å²) in [6.07, 6.45) is 4.61. The monoisotopic (exact) mass is 373 g/mol. The maximum absolute atomic E-state index is 12.7. The largest absolute Gasteiger partial charge is 0.497 e. The van der Waals surface area contributed by atoms with Crippen LogP contribution in [0, 0.1) is 5.92 Å². The van der Waals surface area contributed by atoms with Crippen LogP contribution in [0.4, 0.5) is 5.69 Å². The second-order valence-corrected chi connectivity index (χ2v) is 7.36. The Morgan fingerprint density at radius 2 is 2.04 bits per heavy atom. The fourth-order valence-electron chi connectivity index (χ4n) is 3.97. The van der Waals surface area contributed by atoms with E-state index in [4.69, 9.17) is 4.74 Å². The van der Waals surface area contributed by atoms with Crippen LogP contribution in [0.15, 0.2) is 24.3 Å². The van der Waals surface area contributed by atoms with Gasteiger partial charge in [-0.3, -0.25) is 14.4 Å². The molecule has 1 aromatic carbocycles. The Bertz CT molecular complexity index is 715. The van der Waals surface area contributed by atoms with Crippen LogP contribution in [-0.2, 0) is 14.4 Å². The summed E-state index contributed by atoms with van der Waals surface area (Å²) in [5, 5.41) is 2.77. The lowest BCUT2D eigenvalue weighted by atomic mass is 10.1. The van der Waals surface area contributed by atoms with Crippen LogP contribution in [0.5, 0.6) is 5.75 Å². The molecule has 2 aliphatic rings. The molecule has 7 nitrogen and oxygen atoms in total. The lowest BCUT2D eigenvalue weighted by molar-refractivity contribution is -0.137. The van der Waals surface area contributed by atoms with E-state index >= 15 is 0 Å². The van der Waals surface area contributed by atoms with Crippen molar-refractivity contribution in [2.24, 2.45) is 5.92 Å². The molecule has 3 amide bonds. The SMILES string of the molecule is COc1cccc(NC(=O)CN(C)C(=O)[C@H]2CC(=O)N(C3CCCC3)C2)c1. The van der Waals surface area contributed by atoms with Crippen molar-refractivity contribution in [1.82, 2.24) is 9.80 Å². The summed E-state index contributed by atoms with van der Waals surface area (Å²) in [5.41, 5.74) is 0.614. The molecular weight excluding hydrogens is 346 g/mol. The number of hydrogen-bond acceptors (Lipinski definition) is 4. The molecule has 0 spiro atoms. The van der Waals surface area contributed by atoms with E-state index in [0.717, 1.165) is 25.7 Å². The molecule has 1 N–H and O–H groups in total. The van der Waals surface area contributed by atoms with E-state index in [9.17, 15) is 14.4 Å². The van der Waals surface area contributed by atoms with Gasteiger partial charge in [0.15, 0.2) is 0 Å². The molecule has 1 heterocycles. The third kappa shape index (κ3) is 4.59. The maximum atomic E-state index is 12.7. The lowest BCUT2D eigenvalue weighted by Crippen LogP contribution is -2.40. The van der Waals surface area contributed by atoms with Crippen LogP contribution in [0.25, 0.3) is 0 Å². The minimum absolute atomic E-state index is 0.0514. The van der Waals surface area contributed by atoms with Crippen molar-refractivity contribution in [2.45, 2.75) is 38.1 Å². The van der Waals surface area contributed by atoms with Crippen molar-refractivity contribution in [3.05, 3.63) is 24.3 Å². The van der Waals surface area contributed by atoms with E-state index in [1.165, 1.54) is 4.90 Å². The van der Waals surface area contributed by atoms with Crippen LogP contribution in [0.2, 0.25) is 0 Å². The Morgan fingerprint density at radius 3 is 2.74 bits per heavy atom. The summed E-state index contributed by atoms with van der Waals surface area (Å²) < 4.78 is 5.13. The highest BCUT2D eigenvalue weighted by Crippen LogP contribution is 2.30. The van der Waals surface area contributed by atoms with Gasteiger partial charge in [-0.2, -0.15) is 0 Å². The number of likely N-dealkylation sites (tertiary alicyclic amines) is 1. The minimum atomic E-state index is -0.354. The Kier molecular flexibility index (Phi) is 5.98. The van der Waals surface area contributed by atoms with Gasteiger partial charge in [-0.1, -0.05) is 18.9 Å². The number of nitrogens with zero attached hydrogens (tertiary/aromatic N) is 2. The van der Waals surface area contributed by atoms with E-state index in [1.54, 1.807) is 38.4 Å². The van der Waals surface area contributed by atoms with Crippen LogP contribution >= 0.6 is 0 Å². The molecule has 0 unspecified atom stereocenters. The summed E-state index contributed by atoms with van der Waals surface area (Å²) in [5.74, 6) is -0.0726. The molecule has 0 aromatic heterocycles. The lowest BCUT2D eigenvalue weighted by Gasteiger charge is -2.25. The minimum Gasteiger partial charge on any atom is -0.497 e. The predicted octanol–water partition coefficient (Wildman–Crippen LogP) is 1.88. The molecule has 1 saturated carbocycles. The Hall–Kier alpha value is -2.57. The standard InChI is InChI=1S/C20H27N3O4/c1-22(13-18(24)21-15-6-5-9-17(11-15)27-2)20(26)14-10-19(25)23(12-14)16-7-3-4-8-16/h5-6,9,11,14,16H,3-4,7-8,10,12-13H2,1-2H3,(H,21,24)/t14-/m0/s1. The number of anilines is 1. The number of carbonyl (C=O) groups excluding carboxylic acids is 3. The summed E-state index contributed by atoms with van der Waals surface area (Å²) in [4.78, 5) is 40.5. The number of hydrogen-bond donors (Lipinski definition) is 1. The van der Waals surface area contributed by atoms with Gasteiger partial charge in [0.25, 0.3) is 0 Å². The maximum Gasteiger partial charge on any atom is 0.243 e. The van der Waals surface area contributed by atoms with Gasteiger partial charge in [0, 0.05) is 37.8 Å². The van der Waals surface area contributed by atoms with Gasteiger partial charge in [-0.25, -0.2) is 0 Å². The molecule has 1 aliphatic heterocycles. The molecule has 3 rings (SSSR count). The number of likely N-dealkylation sites (N-methyl/N-ethyl adjacent to an activating group) is 1. The van der Waals surface area contributed by atoms with Gasteiger partial charge >= 0.3 is 0 Å². The highest BCUT2D eigenvalue weighted by Gasteiger charge is 2.39. The molecule has 0 radical (unpaired) electrons. The fraction of sp³-hybridized carbons (Fsp3) is 0.550. The average molecular weight is 373 g/mol. The number of ether oxygens (including phenoxy) is 1. The molecular formula is C20H27N3O4. The third-order valence-electron chi connectivity index (χ3n) is 5.38. The number of benzene rings is 1. The zero-order valence-electron chi connectivity index (χ0n) is 15.9. The highest BCUT2D eigenvalue weighted by molar-refractivity contribution is 5.96. The second kappa shape index (κ2) is 8.41. The molecule has 2 fully saturated rings.